The van der Waals surface area contributed by atoms with Gasteiger partial charge in [-0.3, -0.25) is 0 Å². The number of nitrogens with zero attached hydrogens (tertiary/aromatic N) is 1. The summed E-state index contributed by atoms with van der Waals surface area (Å²) in [7, 11) is 0. The first-order chi connectivity index (χ1) is 30.8. The van der Waals surface area contributed by atoms with Crippen molar-refractivity contribution in [2.45, 2.75) is 70.9 Å². The van der Waals surface area contributed by atoms with Gasteiger partial charge in [-0.25, -0.2) is 22.6 Å². The van der Waals surface area contributed by atoms with E-state index in [1.165, 1.54) is 11.1 Å². The zero-order valence-electron chi connectivity index (χ0n) is 37.1. The maximum absolute atomic E-state index is 11.9. The summed E-state index contributed by atoms with van der Waals surface area (Å²) in [5.41, 5.74) is 27.4. The summed E-state index contributed by atoms with van der Waals surface area (Å²) >= 11 is 0. The van der Waals surface area contributed by atoms with Crippen LogP contribution in [0.3, 0.4) is 0 Å². The molecule has 11 nitrogen and oxygen atoms in total. The Kier molecular flexibility index (Phi) is 30.7. The van der Waals surface area contributed by atoms with Gasteiger partial charge in [0.05, 0.1) is 12.6 Å². The summed E-state index contributed by atoms with van der Waals surface area (Å²) in [5, 5.41) is 17.2. The fourth-order valence-electron chi connectivity index (χ4n) is 5.44. The molecule has 1 unspecified atom stereocenters. The van der Waals surface area contributed by atoms with Gasteiger partial charge in [0.1, 0.15) is 76.1 Å². The van der Waals surface area contributed by atoms with E-state index in [9.17, 15) is 22.7 Å². The van der Waals surface area contributed by atoms with Crippen molar-refractivity contribution in [3.05, 3.63) is 144 Å². The quantitative estimate of drug-likeness (QED) is 0.0202. The van der Waals surface area contributed by atoms with Gasteiger partial charge in [0, 0.05) is 17.1 Å². The minimum atomic E-state index is -0.564. The number of guanidine groups is 1. The predicted octanol–water partition coefficient (Wildman–Crippen LogP) is 9.36. The third-order valence-electron chi connectivity index (χ3n) is 8.53. The van der Waals surface area contributed by atoms with Crippen LogP contribution in [-0.2, 0) is 19.4 Å². The fraction of sp³-hybridized carbons (Fsp3) is 0.388. The summed E-state index contributed by atoms with van der Waals surface area (Å²) in [5.74, 6) is 2.70. The van der Waals surface area contributed by atoms with Gasteiger partial charge in [0.15, 0.2) is 5.96 Å². The number of hydrogen-bond acceptors (Lipinski definition) is 9. The van der Waals surface area contributed by atoms with Crippen molar-refractivity contribution in [3.8, 4) is 23.0 Å². The number of hydrogen-bond donors (Lipinski definition) is 6. The van der Waals surface area contributed by atoms with Crippen molar-refractivity contribution in [2.75, 3.05) is 53.1 Å². The largest absolute Gasteiger partial charge is 0.491 e. The highest BCUT2D eigenvalue weighted by molar-refractivity contribution is 5.78. The minimum Gasteiger partial charge on any atom is -0.491 e. The van der Waals surface area contributed by atoms with Crippen LogP contribution in [0.2, 0.25) is 0 Å². The standard InChI is InChI=1S/C13H18FNO2.2C13H18FNO.C10H14FN3O/c1-10(15)2-7-13(16)11-3-5-12(6-4-11)17-9-8-14;1-11(15)4-2-5-12-6-3-7-13(10-12)16-9-8-14;1-11(15)3-2-4-12-5-7-13(8-6-12)16-10-9-14;11-4-5-15-9-3-1-2-8(6-9)7-14-10(12)13/h3-6,13,16H,1-2,7-9,15H2;3,6-7,10,15H,2,4-5,8-9H2,1H3;5-8H,1-4,9-10,15H2;1-3,6H,4-5,7H2,(H4,12,13,14)/i3*14-1;11-1. The number of ether oxygens (including phenoxy) is 4. The molecule has 0 radical (unpaired) electrons. The van der Waals surface area contributed by atoms with Gasteiger partial charge in [-0.15, -0.1) is 0 Å². The van der Waals surface area contributed by atoms with Crippen LogP contribution < -0.4 is 41.9 Å². The highest BCUT2D eigenvalue weighted by Gasteiger charge is 2.08. The first-order valence-electron chi connectivity index (χ1n) is 21.1. The average Bonchev–Trinajstić information content (AvgIpc) is 3.28. The molecular formula is C49H68F4N6O5. The van der Waals surface area contributed by atoms with Crippen molar-refractivity contribution < 1.29 is 41.6 Å². The number of benzene rings is 4. The van der Waals surface area contributed by atoms with Gasteiger partial charge in [0.25, 0.3) is 0 Å². The van der Waals surface area contributed by atoms with E-state index >= 15 is 0 Å². The average molecular weight is 893 g/mol. The number of aliphatic imine (C=N–C) groups is 1. The summed E-state index contributed by atoms with van der Waals surface area (Å²) in [6.45, 7) is 7.87. The van der Waals surface area contributed by atoms with Crippen molar-refractivity contribution in [1.29, 1.82) is 5.41 Å². The van der Waals surface area contributed by atoms with E-state index in [-0.39, 0.29) is 32.4 Å². The number of aliphatic hydroxyl groups excluding tert-OH is 1. The van der Waals surface area contributed by atoms with E-state index in [0.29, 0.717) is 48.0 Å². The van der Waals surface area contributed by atoms with Gasteiger partial charge < -0.3 is 52.4 Å². The number of rotatable bonds is 26. The van der Waals surface area contributed by atoms with Crippen molar-refractivity contribution >= 4 is 11.7 Å². The van der Waals surface area contributed by atoms with Crippen LogP contribution in [0.15, 0.2) is 127 Å². The smallest absolute Gasteiger partial charge is 0.186 e. The third-order valence-corrected chi connectivity index (χ3v) is 8.53. The predicted molar refractivity (Wildman–Crippen MR) is 251 cm³/mol. The first kappa shape index (κ1) is 55.8. The maximum atomic E-state index is 11.9. The van der Waals surface area contributed by atoms with Gasteiger partial charge in [-0.05, 0) is 129 Å². The Morgan fingerprint density at radius 3 is 1.50 bits per heavy atom. The van der Waals surface area contributed by atoms with Crippen LogP contribution in [0.4, 0.5) is 17.6 Å². The molecule has 4 aromatic rings. The molecule has 0 amide bonds. The molecule has 15 heteroatoms. The van der Waals surface area contributed by atoms with E-state index in [0.717, 1.165) is 61.1 Å². The second kappa shape index (κ2) is 35.3. The molecule has 0 bridgehead atoms. The second-order valence-corrected chi connectivity index (χ2v) is 14.3. The summed E-state index contributed by atoms with van der Waals surface area (Å²) in [6.07, 6.45) is 6.12. The van der Waals surface area contributed by atoms with Crippen LogP contribution in [0.1, 0.15) is 73.8 Å². The molecule has 352 valence electrons. The number of halogens is 4. The first-order valence-corrected chi connectivity index (χ1v) is 21.1. The molecule has 64 heavy (non-hydrogen) atoms. The lowest BCUT2D eigenvalue weighted by molar-refractivity contribution is 0.167. The zero-order chi connectivity index (χ0) is 47.4. The Bertz CT molecular complexity index is 1900. The van der Waals surface area contributed by atoms with Gasteiger partial charge in [-0.1, -0.05) is 61.7 Å². The normalized spacial score (nSPS) is 10.5. The van der Waals surface area contributed by atoms with Gasteiger partial charge in [0.2, 0.25) is 0 Å². The molecular weight excluding hydrogens is 825 g/mol. The number of nitrogens with two attached hydrogens (primary N) is 4. The Labute approximate surface area is 376 Å². The lowest BCUT2D eigenvalue weighted by atomic mass is 10.0. The van der Waals surface area contributed by atoms with Crippen LogP contribution >= 0.6 is 0 Å². The second-order valence-electron chi connectivity index (χ2n) is 14.3. The molecule has 0 aromatic heterocycles. The monoisotopic (exact) mass is 893 g/mol. The molecule has 0 aliphatic carbocycles. The lowest BCUT2D eigenvalue weighted by Crippen LogP contribution is -2.22. The number of aliphatic hydroxyl groups is 1. The highest BCUT2D eigenvalue weighted by Crippen LogP contribution is 2.22. The van der Waals surface area contributed by atoms with Crippen LogP contribution in [0.5, 0.6) is 23.0 Å². The van der Waals surface area contributed by atoms with Crippen LogP contribution in [0, 0.1) is 5.41 Å². The number of allylic oxidation sites excluding steroid dienone is 2. The van der Waals surface area contributed by atoms with Crippen LogP contribution in [0.25, 0.3) is 0 Å². The zero-order valence-corrected chi connectivity index (χ0v) is 37.1. The molecule has 0 heterocycles. The Morgan fingerprint density at radius 1 is 0.594 bits per heavy atom. The van der Waals surface area contributed by atoms with E-state index in [1.54, 1.807) is 36.4 Å². The summed E-state index contributed by atoms with van der Waals surface area (Å²) < 4.78 is 68.1. The summed E-state index contributed by atoms with van der Waals surface area (Å²) in [4.78, 5) is 3.86. The molecule has 0 aliphatic heterocycles. The lowest BCUT2D eigenvalue weighted by Gasteiger charge is -2.11. The van der Waals surface area contributed by atoms with E-state index in [4.69, 9.17) is 47.3 Å². The molecule has 0 spiro atoms. The van der Waals surface area contributed by atoms with Crippen LogP contribution in [-0.4, -0.2) is 69.9 Å². The minimum absolute atomic E-state index is 0.0464. The SMILES string of the molecule is C=C(N)CCC(O)c1ccc(OCC[18F])cc1.C=C(N)CCCc1ccc(OCC[18F])cc1.CC(=N)CCCc1cccc(OCC[18F])c1.NC(N)=NCc1cccc(OCC[18F])c1. The van der Waals surface area contributed by atoms with Crippen molar-refractivity contribution in [1.82, 2.24) is 0 Å². The van der Waals surface area contributed by atoms with Gasteiger partial charge in [-0.2, -0.15) is 0 Å². The number of alkyl halides is 4. The van der Waals surface area contributed by atoms with Crippen molar-refractivity contribution in [3.63, 3.8) is 0 Å². The maximum Gasteiger partial charge on any atom is 0.186 e. The Morgan fingerprint density at radius 2 is 1.03 bits per heavy atom. The Balaban J connectivity index is 0.000000427. The molecule has 4 rings (SSSR count). The highest BCUT2D eigenvalue weighted by atomic mass is 18.2. The van der Waals surface area contributed by atoms with Crippen molar-refractivity contribution in [2.24, 2.45) is 27.9 Å². The van der Waals surface area contributed by atoms with E-state index in [1.807, 2.05) is 67.6 Å². The molecule has 0 saturated carbocycles. The molecule has 1 atom stereocenters. The molecule has 0 aliphatic rings. The summed E-state index contributed by atoms with van der Waals surface area (Å²) in [6, 6.07) is 29.6. The van der Waals surface area contributed by atoms with E-state index < -0.39 is 32.8 Å². The molecule has 4 aromatic carbocycles. The number of nitrogens with one attached hydrogen (secondary N) is 1. The van der Waals surface area contributed by atoms with E-state index in [2.05, 4.69) is 18.2 Å². The number of aryl methyl sites for hydroxylation is 2. The Hall–Kier alpha value is -6.22. The topological polar surface area (TPSA) is 197 Å². The van der Waals surface area contributed by atoms with Gasteiger partial charge >= 0.3 is 0 Å². The molecule has 10 N–H and O–H groups in total. The third kappa shape index (κ3) is 29.1. The molecule has 0 fully saturated rings. The molecule has 0 saturated heterocycles. The fourth-order valence-corrected chi connectivity index (χ4v) is 5.44.